The number of thiazole rings is 1. The molecule has 1 aliphatic heterocycles. The van der Waals surface area contributed by atoms with Gasteiger partial charge >= 0.3 is 0 Å². The fraction of sp³-hybridized carbons (Fsp3) is 0.692. The second-order valence-electron chi connectivity index (χ2n) is 5.21. The van der Waals surface area contributed by atoms with Crippen LogP contribution in [0.1, 0.15) is 17.7 Å². The van der Waals surface area contributed by atoms with Crippen LogP contribution < -0.4 is 15.0 Å². The van der Waals surface area contributed by atoms with Crippen molar-refractivity contribution in [2.24, 2.45) is 0 Å². The fourth-order valence-electron chi connectivity index (χ4n) is 2.20. The molecule has 0 radical (unpaired) electrons. The number of rotatable bonds is 5. The van der Waals surface area contributed by atoms with Crippen LogP contribution in [0.25, 0.3) is 0 Å². The van der Waals surface area contributed by atoms with E-state index < -0.39 is 0 Å². The lowest BCUT2D eigenvalue weighted by Crippen LogP contribution is -2.46. The number of amides is 1. The first-order valence-electron chi connectivity index (χ1n) is 6.69. The molecule has 0 aromatic carbocycles. The maximum atomic E-state index is 11.5. The van der Waals surface area contributed by atoms with Gasteiger partial charge in [0.1, 0.15) is 0 Å². The highest BCUT2D eigenvalue weighted by atomic mass is 32.1. The van der Waals surface area contributed by atoms with E-state index in [4.69, 9.17) is 4.74 Å². The van der Waals surface area contributed by atoms with Crippen molar-refractivity contribution in [2.75, 3.05) is 39.7 Å². The molecule has 1 aliphatic rings. The second-order valence-corrected chi connectivity index (χ2v) is 6.28. The molecule has 1 aromatic heterocycles. The first kappa shape index (κ1) is 15.1. The Hall–Kier alpha value is -1.34. The third kappa shape index (κ3) is 3.40. The third-order valence-electron chi connectivity index (χ3n) is 3.40. The predicted octanol–water partition coefficient (Wildman–Crippen LogP) is 0.928. The average Bonchev–Trinajstić information content (AvgIpc) is 2.83. The summed E-state index contributed by atoms with van der Waals surface area (Å²) in [7, 11) is 7.44. The van der Waals surface area contributed by atoms with Crippen LogP contribution in [0.3, 0.4) is 0 Å². The quantitative estimate of drug-likeness (QED) is 0.876. The molecular weight excluding hydrogens is 276 g/mol. The minimum atomic E-state index is 0.230. The van der Waals surface area contributed by atoms with Crippen molar-refractivity contribution in [1.29, 1.82) is 0 Å². The van der Waals surface area contributed by atoms with Gasteiger partial charge in [0.15, 0.2) is 5.13 Å². The van der Waals surface area contributed by atoms with Crippen molar-refractivity contribution < 1.29 is 9.53 Å². The van der Waals surface area contributed by atoms with Crippen molar-refractivity contribution in [3.05, 3.63) is 4.88 Å². The zero-order chi connectivity index (χ0) is 14.7. The maximum absolute atomic E-state index is 11.5. The number of methoxy groups -OCH3 is 1. The van der Waals surface area contributed by atoms with Crippen LogP contribution in [-0.2, 0) is 11.3 Å². The minimum Gasteiger partial charge on any atom is -0.480 e. The van der Waals surface area contributed by atoms with Crippen LogP contribution in [0.2, 0.25) is 0 Å². The standard InChI is InChI=1S/C13H22N4O2S/c1-16(2)13-15-12(19-4)10(20-13)7-14-9-5-6-11(18)17(3)8-9/h9,14H,5-8H2,1-4H3. The van der Waals surface area contributed by atoms with Crippen molar-refractivity contribution in [1.82, 2.24) is 15.2 Å². The summed E-state index contributed by atoms with van der Waals surface area (Å²) in [5, 5.41) is 4.43. The van der Waals surface area contributed by atoms with Crippen molar-refractivity contribution >= 4 is 22.4 Å². The van der Waals surface area contributed by atoms with Crippen molar-refractivity contribution in [3.63, 3.8) is 0 Å². The van der Waals surface area contributed by atoms with E-state index >= 15 is 0 Å². The van der Waals surface area contributed by atoms with Crippen LogP contribution >= 0.6 is 11.3 Å². The van der Waals surface area contributed by atoms with Gasteiger partial charge in [-0.2, -0.15) is 4.98 Å². The highest BCUT2D eigenvalue weighted by Crippen LogP contribution is 2.30. The Bertz CT molecular complexity index is 475. The number of likely N-dealkylation sites (N-methyl/N-ethyl adjacent to an activating group) is 1. The Morgan fingerprint density at radius 3 is 2.90 bits per heavy atom. The first-order valence-corrected chi connectivity index (χ1v) is 7.51. The number of ether oxygens (including phenoxy) is 1. The van der Waals surface area contributed by atoms with Gasteiger partial charge in [0.05, 0.1) is 12.0 Å². The Kier molecular flexibility index (Phi) is 4.82. The van der Waals surface area contributed by atoms with Gasteiger partial charge in [-0.25, -0.2) is 0 Å². The van der Waals surface area contributed by atoms with E-state index in [-0.39, 0.29) is 5.91 Å². The largest absolute Gasteiger partial charge is 0.480 e. The molecule has 2 rings (SSSR count). The van der Waals surface area contributed by atoms with Gasteiger partial charge in [-0.1, -0.05) is 11.3 Å². The number of hydrogen-bond acceptors (Lipinski definition) is 6. The van der Waals surface area contributed by atoms with E-state index in [1.165, 1.54) is 0 Å². The Morgan fingerprint density at radius 1 is 1.55 bits per heavy atom. The summed E-state index contributed by atoms with van der Waals surface area (Å²) in [6.07, 6.45) is 1.52. The lowest BCUT2D eigenvalue weighted by molar-refractivity contribution is -0.132. The number of carbonyl (C=O) groups excluding carboxylic acids is 1. The topological polar surface area (TPSA) is 57.7 Å². The zero-order valence-electron chi connectivity index (χ0n) is 12.5. The lowest BCUT2D eigenvalue weighted by atomic mass is 10.1. The predicted molar refractivity (Wildman–Crippen MR) is 80.5 cm³/mol. The molecule has 1 atom stereocenters. The van der Waals surface area contributed by atoms with Crippen molar-refractivity contribution in [2.45, 2.75) is 25.4 Å². The van der Waals surface area contributed by atoms with Crippen LogP contribution in [0.15, 0.2) is 0 Å². The molecule has 1 aromatic rings. The van der Waals surface area contributed by atoms with E-state index in [0.717, 1.165) is 29.5 Å². The number of anilines is 1. The average molecular weight is 298 g/mol. The smallest absolute Gasteiger partial charge is 0.230 e. The summed E-state index contributed by atoms with van der Waals surface area (Å²) in [5.74, 6) is 0.916. The maximum Gasteiger partial charge on any atom is 0.230 e. The van der Waals surface area contributed by atoms with Gasteiger partial charge in [0, 0.05) is 46.7 Å². The normalized spacial score (nSPS) is 19.3. The Labute approximate surface area is 123 Å². The zero-order valence-corrected chi connectivity index (χ0v) is 13.3. The van der Waals surface area contributed by atoms with Crippen LogP contribution in [0, 0.1) is 0 Å². The molecule has 0 saturated carbocycles. The van der Waals surface area contributed by atoms with Gasteiger partial charge in [-0.05, 0) is 6.42 Å². The Balaban J connectivity index is 1.95. The molecular formula is C13H22N4O2S. The van der Waals surface area contributed by atoms with Crippen LogP contribution in [0.4, 0.5) is 5.13 Å². The number of aromatic nitrogens is 1. The highest BCUT2D eigenvalue weighted by Gasteiger charge is 2.23. The SMILES string of the molecule is COc1nc(N(C)C)sc1CNC1CCC(=O)N(C)C1. The Morgan fingerprint density at radius 2 is 2.30 bits per heavy atom. The van der Waals surface area contributed by atoms with Gasteiger partial charge in [0.2, 0.25) is 11.8 Å². The summed E-state index contributed by atoms with van der Waals surface area (Å²) >= 11 is 1.63. The summed E-state index contributed by atoms with van der Waals surface area (Å²) in [5.41, 5.74) is 0. The third-order valence-corrected chi connectivity index (χ3v) is 4.61. The van der Waals surface area contributed by atoms with Crippen LogP contribution in [0.5, 0.6) is 5.88 Å². The van der Waals surface area contributed by atoms with Gasteiger partial charge in [-0.15, -0.1) is 0 Å². The molecule has 7 heteroatoms. The number of nitrogens with one attached hydrogen (secondary N) is 1. The molecule has 20 heavy (non-hydrogen) atoms. The molecule has 2 heterocycles. The molecule has 1 amide bonds. The molecule has 0 bridgehead atoms. The molecule has 0 spiro atoms. The molecule has 1 saturated heterocycles. The molecule has 112 valence electrons. The van der Waals surface area contributed by atoms with E-state index in [1.54, 1.807) is 23.3 Å². The molecule has 1 fully saturated rings. The molecule has 0 aliphatic carbocycles. The number of hydrogen-bond donors (Lipinski definition) is 1. The van der Waals surface area contributed by atoms with E-state index in [9.17, 15) is 4.79 Å². The monoisotopic (exact) mass is 298 g/mol. The lowest BCUT2D eigenvalue weighted by Gasteiger charge is -2.30. The molecule has 1 unspecified atom stereocenters. The summed E-state index contributed by atoms with van der Waals surface area (Å²) in [6.45, 7) is 1.49. The van der Waals surface area contributed by atoms with Crippen molar-refractivity contribution in [3.8, 4) is 5.88 Å². The van der Waals surface area contributed by atoms with Gasteiger partial charge in [0.25, 0.3) is 0 Å². The van der Waals surface area contributed by atoms with E-state index in [1.807, 2.05) is 26.0 Å². The summed E-state index contributed by atoms with van der Waals surface area (Å²) < 4.78 is 5.32. The number of likely N-dealkylation sites (tertiary alicyclic amines) is 1. The number of piperidine rings is 1. The van der Waals surface area contributed by atoms with Crippen LogP contribution in [-0.4, -0.2) is 56.6 Å². The summed E-state index contributed by atoms with van der Waals surface area (Å²) in [6, 6.07) is 0.340. The number of nitrogens with zero attached hydrogens (tertiary/aromatic N) is 3. The van der Waals surface area contributed by atoms with E-state index in [0.29, 0.717) is 18.3 Å². The molecule has 1 N–H and O–H groups in total. The highest BCUT2D eigenvalue weighted by molar-refractivity contribution is 7.15. The van der Waals surface area contributed by atoms with Gasteiger partial charge in [-0.3, -0.25) is 4.79 Å². The molecule has 6 nitrogen and oxygen atoms in total. The van der Waals surface area contributed by atoms with Gasteiger partial charge < -0.3 is 19.9 Å². The van der Waals surface area contributed by atoms with E-state index in [2.05, 4.69) is 10.3 Å². The second kappa shape index (κ2) is 6.41. The fourth-order valence-corrected chi connectivity index (χ4v) is 3.11. The first-order chi connectivity index (χ1) is 9.51. The summed E-state index contributed by atoms with van der Waals surface area (Å²) in [4.78, 5) is 20.8. The minimum absolute atomic E-state index is 0.230. The number of carbonyl (C=O) groups is 1.